The van der Waals surface area contributed by atoms with Gasteiger partial charge in [0.2, 0.25) is 0 Å². The molecule has 0 heterocycles. The summed E-state index contributed by atoms with van der Waals surface area (Å²) in [6.45, 7) is 0. The predicted octanol–water partition coefficient (Wildman–Crippen LogP) is 5.89. The number of allylic oxidation sites excluding steroid dienone is 1. The van der Waals surface area contributed by atoms with E-state index in [1.165, 1.54) is 16.2 Å². The number of hydrogen-bond acceptors (Lipinski definition) is 1. The Morgan fingerprint density at radius 2 is 1.38 bits per heavy atom. The van der Waals surface area contributed by atoms with Crippen LogP contribution in [0.25, 0.3) is 27.6 Å². The lowest BCUT2D eigenvalue weighted by Gasteiger charge is -2.05. The summed E-state index contributed by atoms with van der Waals surface area (Å²) in [7, 11) is 0. The molecule has 1 heteroatoms. The molecule has 114 valence electrons. The zero-order chi connectivity index (χ0) is 16.4. The summed E-state index contributed by atoms with van der Waals surface area (Å²) >= 11 is 0. The minimum absolute atomic E-state index is 0.0221. The summed E-state index contributed by atoms with van der Waals surface area (Å²) < 4.78 is 0. The van der Waals surface area contributed by atoms with Crippen molar-refractivity contribution in [2.24, 2.45) is 0 Å². The van der Waals surface area contributed by atoms with Crippen LogP contribution in [0, 0.1) is 0 Å². The van der Waals surface area contributed by atoms with Gasteiger partial charge in [-0.05, 0) is 39.3 Å². The minimum atomic E-state index is 0.0221. The van der Waals surface area contributed by atoms with Gasteiger partial charge in [0.15, 0.2) is 5.78 Å². The third kappa shape index (κ3) is 2.72. The van der Waals surface area contributed by atoms with E-state index in [1.54, 1.807) is 6.08 Å². The van der Waals surface area contributed by atoms with Crippen molar-refractivity contribution in [3.8, 4) is 0 Å². The molecule has 0 unspecified atom stereocenters. The summed E-state index contributed by atoms with van der Waals surface area (Å²) in [6.07, 6.45) is 3.49. The molecule has 0 bridgehead atoms. The van der Waals surface area contributed by atoms with E-state index >= 15 is 0 Å². The van der Waals surface area contributed by atoms with Gasteiger partial charge in [-0.15, -0.1) is 0 Å². The fraction of sp³-hybridized carbons (Fsp3) is 0. The van der Waals surface area contributed by atoms with E-state index in [0.29, 0.717) is 5.56 Å². The zero-order valence-corrected chi connectivity index (χ0v) is 13.1. The van der Waals surface area contributed by atoms with Crippen LogP contribution in [0.3, 0.4) is 0 Å². The number of carbonyl (C=O) groups excluding carboxylic acids is 1. The van der Waals surface area contributed by atoms with Gasteiger partial charge in [-0.2, -0.15) is 0 Å². The molecular weight excluding hydrogens is 292 g/mol. The van der Waals surface area contributed by atoms with Crippen molar-refractivity contribution in [2.45, 2.75) is 0 Å². The van der Waals surface area contributed by atoms with Gasteiger partial charge < -0.3 is 0 Å². The Kier molecular flexibility index (Phi) is 3.68. The van der Waals surface area contributed by atoms with Crippen molar-refractivity contribution in [3.63, 3.8) is 0 Å². The molecular formula is C23H16O. The molecule has 4 rings (SSSR count). The van der Waals surface area contributed by atoms with Crippen molar-refractivity contribution in [2.75, 3.05) is 0 Å². The Morgan fingerprint density at radius 1 is 0.667 bits per heavy atom. The number of carbonyl (C=O) groups is 1. The van der Waals surface area contributed by atoms with Crippen molar-refractivity contribution in [1.82, 2.24) is 0 Å². The molecule has 0 aliphatic carbocycles. The fourth-order valence-electron chi connectivity index (χ4n) is 3.00. The highest BCUT2D eigenvalue weighted by Crippen LogP contribution is 2.26. The highest BCUT2D eigenvalue weighted by molar-refractivity contribution is 6.12. The molecule has 24 heavy (non-hydrogen) atoms. The lowest BCUT2D eigenvalue weighted by Crippen LogP contribution is -1.94. The van der Waals surface area contributed by atoms with Gasteiger partial charge in [0, 0.05) is 5.56 Å². The molecule has 0 radical (unpaired) electrons. The normalized spacial score (nSPS) is 11.3. The maximum Gasteiger partial charge on any atom is 0.185 e. The Morgan fingerprint density at radius 3 is 2.25 bits per heavy atom. The van der Waals surface area contributed by atoms with E-state index in [9.17, 15) is 4.79 Å². The Labute approximate surface area is 140 Å². The molecule has 0 aliphatic rings. The molecule has 4 aromatic carbocycles. The molecule has 0 aromatic heterocycles. The van der Waals surface area contributed by atoms with Crippen LogP contribution < -0.4 is 0 Å². The maximum absolute atomic E-state index is 12.4. The smallest absolute Gasteiger partial charge is 0.185 e. The molecule has 1 nitrogen and oxygen atoms in total. The molecule has 0 saturated heterocycles. The molecule has 0 saturated carbocycles. The van der Waals surface area contributed by atoms with Gasteiger partial charge in [0.05, 0.1) is 0 Å². The first kappa shape index (κ1) is 14.4. The summed E-state index contributed by atoms with van der Waals surface area (Å²) in [4.78, 5) is 12.4. The molecule has 0 atom stereocenters. The third-order valence-electron chi connectivity index (χ3n) is 4.26. The van der Waals surface area contributed by atoms with Gasteiger partial charge in [-0.3, -0.25) is 4.79 Å². The molecule has 0 aliphatic heterocycles. The standard InChI is InChI=1S/C23H16O/c24-23(15-10-17-6-2-1-3-7-17)20-13-14-22-19(16-20)12-11-18-8-4-5-9-21(18)22/h1-16H. The number of benzene rings is 4. The van der Waals surface area contributed by atoms with Crippen LogP contribution in [0.2, 0.25) is 0 Å². The monoisotopic (exact) mass is 308 g/mol. The van der Waals surface area contributed by atoms with E-state index in [4.69, 9.17) is 0 Å². The van der Waals surface area contributed by atoms with Crippen LogP contribution in [0.5, 0.6) is 0 Å². The van der Waals surface area contributed by atoms with Crippen LogP contribution in [0.15, 0.2) is 91.0 Å². The zero-order valence-electron chi connectivity index (χ0n) is 13.1. The lowest BCUT2D eigenvalue weighted by molar-refractivity contribution is 0.104. The van der Waals surface area contributed by atoms with Gasteiger partial charge in [-0.1, -0.05) is 84.9 Å². The second-order valence-electron chi connectivity index (χ2n) is 5.83. The fourth-order valence-corrected chi connectivity index (χ4v) is 3.00. The van der Waals surface area contributed by atoms with Crippen LogP contribution in [-0.2, 0) is 0 Å². The minimum Gasteiger partial charge on any atom is -0.289 e. The Hall–Kier alpha value is -3.19. The van der Waals surface area contributed by atoms with Gasteiger partial charge in [-0.25, -0.2) is 0 Å². The molecule has 4 aromatic rings. The van der Waals surface area contributed by atoms with Crippen molar-refractivity contribution >= 4 is 33.4 Å². The van der Waals surface area contributed by atoms with Gasteiger partial charge in [0.25, 0.3) is 0 Å². The van der Waals surface area contributed by atoms with E-state index in [1.807, 2.05) is 66.7 Å². The second-order valence-corrected chi connectivity index (χ2v) is 5.83. The number of fused-ring (bicyclic) bond motifs is 3. The topological polar surface area (TPSA) is 17.1 Å². The Balaban J connectivity index is 1.71. The summed E-state index contributed by atoms with van der Waals surface area (Å²) in [6, 6.07) is 28.3. The highest BCUT2D eigenvalue weighted by atomic mass is 16.1. The maximum atomic E-state index is 12.4. The summed E-state index contributed by atoms with van der Waals surface area (Å²) in [5.74, 6) is 0.0221. The summed E-state index contributed by atoms with van der Waals surface area (Å²) in [5, 5.41) is 4.70. The SMILES string of the molecule is O=C(C=Cc1ccccc1)c1ccc2c(ccc3ccccc32)c1. The van der Waals surface area contributed by atoms with E-state index in [0.717, 1.165) is 10.9 Å². The number of ketones is 1. The predicted molar refractivity (Wildman–Crippen MR) is 101 cm³/mol. The lowest BCUT2D eigenvalue weighted by atomic mass is 9.99. The first-order chi connectivity index (χ1) is 11.8. The van der Waals surface area contributed by atoms with Crippen LogP contribution in [0.1, 0.15) is 15.9 Å². The quantitative estimate of drug-likeness (QED) is 0.262. The van der Waals surface area contributed by atoms with Crippen molar-refractivity contribution < 1.29 is 4.79 Å². The Bertz CT molecular complexity index is 1060. The molecule has 0 spiro atoms. The summed E-state index contributed by atoms with van der Waals surface area (Å²) in [5.41, 5.74) is 1.74. The van der Waals surface area contributed by atoms with Crippen LogP contribution in [0.4, 0.5) is 0 Å². The first-order valence-electron chi connectivity index (χ1n) is 8.00. The van der Waals surface area contributed by atoms with Crippen molar-refractivity contribution in [3.05, 3.63) is 102 Å². The number of rotatable bonds is 3. The second kappa shape index (κ2) is 6.13. The largest absolute Gasteiger partial charge is 0.289 e. The molecule has 0 fully saturated rings. The third-order valence-corrected chi connectivity index (χ3v) is 4.26. The first-order valence-corrected chi connectivity index (χ1v) is 8.00. The van der Waals surface area contributed by atoms with Crippen LogP contribution in [-0.4, -0.2) is 5.78 Å². The molecule has 0 amide bonds. The number of hydrogen-bond donors (Lipinski definition) is 0. The van der Waals surface area contributed by atoms with Crippen LogP contribution >= 0.6 is 0 Å². The van der Waals surface area contributed by atoms with Crippen molar-refractivity contribution in [1.29, 1.82) is 0 Å². The van der Waals surface area contributed by atoms with Gasteiger partial charge >= 0.3 is 0 Å². The van der Waals surface area contributed by atoms with E-state index < -0.39 is 0 Å². The highest BCUT2D eigenvalue weighted by Gasteiger charge is 2.05. The average Bonchev–Trinajstić information content (AvgIpc) is 2.66. The average molecular weight is 308 g/mol. The van der Waals surface area contributed by atoms with Gasteiger partial charge in [0.1, 0.15) is 0 Å². The van der Waals surface area contributed by atoms with E-state index in [2.05, 4.69) is 24.3 Å². The van der Waals surface area contributed by atoms with E-state index in [-0.39, 0.29) is 5.78 Å². The molecule has 0 N–H and O–H groups in total.